The summed E-state index contributed by atoms with van der Waals surface area (Å²) in [4.78, 5) is 15.3. The molecule has 3 heterocycles. The summed E-state index contributed by atoms with van der Waals surface area (Å²) in [7, 11) is 0. The molecule has 0 fully saturated rings. The second-order valence-corrected chi connectivity index (χ2v) is 15.9. The number of para-hydroxylation sites is 3. The molecule has 5 heteroatoms. The van der Waals surface area contributed by atoms with E-state index in [1.54, 1.807) is 0 Å². The molecule has 0 atom stereocenters. The zero-order chi connectivity index (χ0) is 40.7. The molecule has 288 valence electrons. The van der Waals surface area contributed by atoms with Gasteiger partial charge in [0, 0.05) is 60.4 Å². The van der Waals surface area contributed by atoms with Crippen molar-refractivity contribution in [3.63, 3.8) is 0 Å². The summed E-state index contributed by atoms with van der Waals surface area (Å²) in [5.41, 5.74) is 9.52. The van der Waals surface area contributed by atoms with Crippen LogP contribution < -0.4 is 0 Å². The lowest BCUT2D eigenvalue weighted by Gasteiger charge is -2.17. The van der Waals surface area contributed by atoms with Crippen molar-refractivity contribution in [1.82, 2.24) is 24.1 Å². The fourth-order valence-corrected chi connectivity index (χ4v) is 9.93. The number of aromatic nitrogens is 5. The topological polar surface area (TPSA) is 48.5 Å². The molecule has 0 saturated heterocycles. The average molecular weight is 790 g/mol. The Balaban J connectivity index is 1.22. The Bertz CT molecular complexity index is 3850. The third-order valence-corrected chi connectivity index (χ3v) is 12.5. The molecule has 10 aromatic carbocycles. The molecular weight excluding hydrogens is 755 g/mol. The second kappa shape index (κ2) is 13.6. The lowest BCUT2D eigenvalue weighted by Crippen LogP contribution is -2.02. The first-order valence-electron chi connectivity index (χ1n) is 21.0. The van der Waals surface area contributed by atoms with E-state index in [1.165, 1.54) is 59.4 Å². The molecular formula is C57H35N5. The minimum atomic E-state index is 0.617. The number of hydrogen-bond acceptors (Lipinski definition) is 3. The van der Waals surface area contributed by atoms with E-state index in [4.69, 9.17) is 15.0 Å². The van der Waals surface area contributed by atoms with Crippen LogP contribution in [0.2, 0.25) is 0 Å². The predicted molar refractivity (Wildman–Crippen MR) is 257 cm³/mol. The molecule has 0 radical (unpaired) electrons. The highest BCUT2D eigenvalue weighted by molar-refractivity contribution is 6.45. The first kappa shape index (κ1) is 34.5. The van der Waals surface area contributed by atoms with Gasteiger partial charge < -0.3 is 9.13 Å². The quantitative estimate of drug-likeness (QED) is 0.163. The summed E-state index contributed by atoms with van der Waals surface area (Å²) >= 11 is 0. The van der Waals surface area contributed by atoms with Crippen LogP contribution >= 0.6 is 0 Å². The molecule has 62 heavy (non-hydrogen) atoms. The number of benzene rings is 10. The monoisotopic (exact) mass is 789 g/mol. The first-order valence-corrected chi connectivity index (χ1v) is 21.0. The third kappa shape index (κ3) is 5.06. The zero-order valence-electron chi connectivity index (χ0n) is 33.4. The summed E-state index contributed by atoms with van der Waals surface area (Å²) in [6, 6.07) is 75.6. The standard InChI is InChI=1S/C57H35N5/c1-4-19-36(20-5-1)55-58-56(37-21-6-2-7-22-37)60-57(59-55)38-23-18-26-40(35-38)62-48-34-17-15-32-46(48)52-50-44-30-13-11-28-42(44)41-27-10-12-29-43(41)49(50)51-45-31-14-16-33-47(45)61(53(51)54(52)62)39-24-8-3-9-25-39/h1-35H. The van der Waals surface area contributed by atoms with E-state index in [9.17, 15) is 0 Å². The molecule has 13 aromatic rings. The Hall–Kier alpha value is -8.41. The maximum absolute atomic E-state index is 5.15. The highest BCUT2D eigenvalue weighted by Gasteiger charge is 2.27. The van der Waals surface area contributed by atoms with Crippen LogP contribution in [-0.2, 0) is 0 Å². The second-order valence-electron chi connectivity index (χ2n) is 15.9. The molecule has 0 N–H and O–H groups in total. The molecule has 0 spiro atoms. The van der Waals surface area contributed by atoms with Gasteiger partial charge in [-0.05, 0) is 57.9 Å². The Morgan fingerprint density at radius 1 is 0.258 bits per heavy atom. The SMILES string of the molecule is c1ccc(-c2nc(-c3ccccc3)nc(-c3cccc(-n4c5ccccc5c5c6c7ccccc7c7ccccc7c6c6c7ccccc7n(-c7ccccc7)c6c54)c3)n2)cc1. The summed E-state index contributed by atoms with van der Waals surface area (Å²) in [5.74, 6) is 1.89. The molecule has 0 amide bonds. The molecule has 0 saturated carbocycles. The van der Waals surface area contributed by atoms with Crippen molar-refractivity contribution in [1.29, 1.82) is 0 Å². The van der Waals surface area contributed by atoms with Crippen molar-refractivity contribution in [2.24, 2.45) is 0 Å². The summed E-state index contributed by atoms with van der Waals surface area (Å²) in [5, 5.41) is 12.4. The van der Waals surface area contributed by atoms with Gasteiger partial charge in [0.2, 0.25) is 0 Å². The molecule has 0 aliphatic heterocycles. The fourth-order valence-electron chi connectivity index (χ4n) is 9.93. The summed E-state index contributed by atoms with van der Waals surface area (Å²) < 4.78 is 4.97. The van der Waals surface area contributed by atoms with E-state index in [0.29, 0.717) is 17.5 Å². The van der Waals surface area contributed by atoms with E-state index in [1.807, 2.05) is 36.4 Å². The Labute approximate surface area is 356 Å². The van der Waals surface area contributed by atoms with Gasteiger partial charge in [0.25, 0.3) is 0 Å². The minimum Gasteiger partial charge on any atom is -0.307 e. The van der Waals surface area contributed by atoms with Crippen LogP contribution in [0.15, 0.2) is 212 Å². The first-order chi connectivity index (χ1) is 30.8. The van der Waals surface area contributed by atoms with Crippen molar-refractivity contribution in [2.45, 2.75) is 0 Å². The van der Waals surface area contributed by atoms with Crippen LogP contribution in [0.4, 0.5) is 0 Å². The van der Waals surface area contributed by atoms with E-state index in [2.05, 4.69) is 185 Å². The van der Waals surface area contributed by atoms with Crippen molar-refractivity contribution in [3.8, 4) is 45.5 Å². The van der Waals surface area contributed by atoms with Crippen LogP contribution in [0.3, 0.4) is 0 Å². The lowest BCUT2D eigenvalue weighted by molar-refractivity contribution is 1.07. The number of rotatable bonds is 5. The van der Waals surface area contributed by atoms with Gasteiger partial charge in [0.15, 0.2) is 17.5 Å². The van der Waals surface area contributed by atoms with Crippen LogP contribution in [0, 0.1) is 0 Å². The van der Waals surface area contributed by atoms with Crippen LogP contribution in [-0.4, -0.2) is 24.1 Å². The lowest BCUT2D eigenvalue weighted by atomic mass is 9.89. The molecule has 0 unspecified atom stereocenters. The van der Waals surface area contributed by atoms with Crippen molar-refractivity contribution < 1.29 is 0 Å². The maximum atomic E-state index is 5.15. The number of nitrogens with zero attached hydrogens (tertiary/aromatic N) is 5. The van der Waals surface area contributed by atoms with Gasteiger partial charge in [-0.1, -0.05) is 176 Å². The number of fused-ring (bicyclic) bond motifs is 15. The molecule has 3 aromatic heterocycles. The van der Waals surface area contributed by atoms with Crippen molar-refractivity contribution >= 4 is 75.9 Å². The Morgan fingerprint density at radius 2 is 0.613 bits per heavy atom. The highest BCUT2D eigenvalue weighted by Crippen LogP contribution is 2.51. The summed E-state index contributed by atoms with van der Waals surface area (Å²) in [6.45, 7) is 0. The van der Waals surface area contributed by atoms with Gasteiger partial charge in [0.1, 0.15) is 0 Å². The molecule has 0 bridgehead atoms. The summed E-state index contributed by atoms with van der Waals surface area (Å²) in [6.07, 6.45) is 0. The maximum Gasteiger partial charge on any atom is 0.164 e. The normalized spacial score (nSPS) is 11.9. The molecule has 13 rings (SSSR count). The van der Waals surface area contributed by atoms with Crippen molar-refractivity contribution in [3.05, 3.63) is 212 Å². The van der Waals surface area contributed by atoms with Gasteiger partial charge in [-0.15, -0.1) is 0 Å². The highest BCUT2D eigenvalue weighted by atomic mass is 15.1. The van der Waals surface area contributed by atoms with E-state index >= 15 is 0 Å². The average Bonchev–Trinajstić information content (AvgIpc) is 3.88. The largest absolute Gasteiger partial charge is 0.307 e. The van der Waals surface area contributed by atoms with E-state index in [-0.39, 0.29) is 0 Å². The van der Waals surface area contributed by atoms with Gasteiger partial charge in [0.05, 0.1) is 22.1 Å². The van der Waals surface area contributed by atoms with Crippen LogP contribution in [0.25, 0.3) is 121 Å². The third-order valence-electron chi connectivity index (χ3n) is 12.5. The van der Waals surface area contributed by atoms with E-state index in [0.717, 1.165) is 44.6 Å². The molecule has 0 aliphatic rings. The molecule has 5 nitrogen and oxygen atoms in total. The Morgan fingerprint density at radius 3 is 1.11 bits per heavy atom. The zero-order valence-corrected chi connectivity index (χ0v) is 33.4. The Kier molecular flexibility index (Phi) is 7.54. The predicted octanol–water partition coefficient (Wildman–Crippen LogP) is 14.5. The van der Waals surface area contributed by atoms with E-state index < -0.39 is 0 Å². The smallest absolute Gasteiger partial charge is 0.164 e. The van der Waals surface area contributed by atoms with Crippen LogP contribution in [0.5, 0.6) is 0 Å². The number of hydrogen-bond donors (Lipinski definition) is 0. The van der Waals surface area contributed by atoms with Crippen molar-refractivity contribution in [2.75, 3.05) is 0 Å². The van der Waals surface area contributed by atoms with Gasteiger partial charge in [-0.2, -0.15) is 0 Å². The fraction of sp³-hybridized carbons (Fsp3) is 0. The minimum absolute atomic E-state index is 0.617. The van der Waals surface area contributed by atoms with Crippen LogP contribution in [0.1, 0.15) is 0 Å². The van der Waals surface area contributed by atoms with Gasteiger partial charge in [-0.25, -0.2) is 15.0 Å². The van der Waals surface area contributed by atoms with Gasteiger partial charge >= 0.3 is 0 Å². The van der Waals surface area contributed by atoms with Gasteiger partial charge in [-0.3, -0.25) is 0 Å². The molecule has 0 aliphatic carbocycles.